The molecule has 0 saturated heterocycles. The molecule has 0 aliphatic heterocycles. The Kier molecular flexibility index (Phi) is 4.80. The maximum Gasteiger partial charge on any atom is 0.153 e. The van der Waals surface area contributed by atoms with Crippen LogP contribution in [0, 0.1) is 23.2 Å². The molecule has 0 spiro atoms. The number of benzene rings is 1. The molecule has 1 saturated carbocycles. The average Bonchev–Trinajstić information content (AvgIpc) is 2.49. The molecule has 1 aromatic rings. The van der Waals surface area contributed by atoms with Gasteiger partial charge < -0.3 is 10.5 Å². The van der Waals surface area contributed by atoms with E-state index in [1.165, 1.54) is 6.42 Å². The van der Waals surface area contributed by atoms with Crippen molar-refractivity contribution in [2.24, 2.45) is 17.6 Å². The van der Waals surface area contributed by atoms with Gasteiger partial charge in [0.2, 0.25) is 0 Å². The van der Waals surface area contributed by atoms with Crippen LogP contribution in [0.5, 0.6) is 0 Å². The molecule has 3 nitrogen and oxygen atoms in total. The van der Waals surface area contributed by atoms with Gasteiger partial charge in [0, 0.05) is 0 Å². The van der Waals surface area contributed by atoms with Crippen LogP contribution in [0.2, 0.25) is 0 Å². The summed E-state index contributed by atoms with van der Waals surface area (Å²) in [4.78, 5) is 0. The van der Waals surface area contributed by atoms with Crippen LogP contribution < -0.4 is 5.73 Å². The van der Waals surface area contributed by atoms with Crippen LogP contribution in [-0.2, 0) is 10.3 Å². The second-order valence-electron chi connectivity index (χ2n) is 6.15. The van der Waals surface area contributed by atoms with Crippen molar-refractivity contribution in [2.45, 2.75) is 44.8 Å². The molecule has 20 heavy (non-hydrogen) atoms. The van der Waals surface area contributed by atoms with Gasteiger partial charge >= 0.3 is 0 Å². The van der Waals surface area contributed by atoms with Crippen molar-refractivity contribution in [3.63, 3.8) is 0 Å². The lowest BCUT2D eigenvalue weighted by Gasteiger charge is -2.33. The van der Waals surface area contributed by atoms with E-state index in [4.69, 9.17) is 10.5 Å². The number of rotatable bonds is 4. The Morgan fingerprint density at radius 1 is 1.25 bits per heavy atom. The van der Waals surface area contributed by atoms with E-state index in [2.05, 4.69) is 19.9 Å². The molecular weight excluding hydrogens is 248 g/mol. The van der Waals surface area contributed by atoms with Crippen molar-refractivity contribution in [1.82, 2.24) is 0 Å². The van der Waals surface area contributed by atoms with Crippen LogP contribution in [-0.4, -0.2) is 12.7 Å². The van der Waals surface area contributed by atoms with Gasteiger partial charge in [0.1, 0.15) is 0 Å². The van der Waals surface area contributed by atoms with Crippen LogP contribution in [0.15, 0.2) is 30.3 Å². The van der Waals surface area contributed by atoms with Crippen LogP contribution in [0.1, 0.15) is 38.7 Å². The Balaban J connectivity index is 1.97. The summed E-state index contributed by atoms with van der Waals surface area (Å²) in [6, 6.07) is 11.7. The molecule has 0 aromatic heterocycles. The number of nitriles is 1. The van der Waals surface area contributed by atoms with E-state index in [1.54, 1.807) is 0 Å². The zero-order valence-corrected chi connectivity index (χ0v) is 12.4. The third-order valence-corrected chi connectivity index (χ3v) is 4.59. The quantitative estimate of drug-likeness (QED) is 0.915. The van der Waals surface area contributed by atoms with Crippen molar-refractivity contribution >= 4 is 0 Å². The molecule has 4 unspecified atom stereocenters. The van der Waals surface area contributed by atoms with Gasteiger partial charge in [-0.1, -0.05) is 44.2 Å². The Morgan fingerprint density at radius 2 is 1.95 bits per heavy atom. The molecule has 0 bridgehead atoms. The first kappa shape index (κ1) is 15.0. The standard InChI is InChI=1S/C17H24N2O/c1-13-8-9-16(10-14(13)2)20-12-17(19,11-18)15-6-4-3-5-7-15/h3-7,13-14,16H,8-10,12,19H2,1-2H3. The highest BCUT2D eigenvalue weighted by molar-refractivity contribution is 5.30. The molecule has 1 fully saturated rings. The first-order chi connectivity index (χ1) is 9.55. The van der Waals surface area contributed by atoms with Crippen molar-refractivity contribution in [3.8, 4) is 6.07 Å². The van der Waals surface area contributed by atoms with Gasteiger partial charge in [-0.3, -0.25) is 0 Å². The van der Waals surface area contributed by atoms with E-state index in [0.717, 1.165) is 24.3 Å². The minimum Gasteiger partial charge on any atom is -0.375 e. The highest BCUT2D eigenvalue weighted by Gasteiger charge is 2.31. The van der Waals surface area contributed by atoms with Gasteiger partial charge in [-0.25, -0.2) is 0 Å². The highest BCUT2D eigenvalue weighted by atomic mass is 16.5. The largest absolute Gasteiger partial charge is 0.375 e. The lowest BCUT2D eigenvalue weighted by Crippen LogP contribution is -2.42. The second-order valence-corrected chi connectivity index (χ2v) is 6.15. The molecule has 4 atom stereocenters. The van der Waals surface area contributed by atoms with Crippen molar-refractivity contribution in [3.05, 3.63) is 35.9 Å². The SMILES string of the molecule is CC1CCC(OCC(N)(C#N)c2ccccc2)CC1C. The van der Waals surface area contributed by atoms with Gasteiger partial charge in [-0.2, -0.15) is 5.26 Å². The molecule has 0 amide bonds. The highest BCUT2D eigenvalue weighted by Crippen LogP contribution is 2.31. The molecule has 0 heterocycles. The fourth-order valence-corrected chi connectivity index (χ4v) is 2.81. The predicted molar refractivity (Wildman–Crippen MR) is 79.8 cm³/mol. The smallest absolute Gasteiger partial charge is 0.153 e. The monoisotopic (exact) mass is 272 g/mol. The van der Waals surface area contributed by atoms with Gasteiger partial charge in [0.25, 0.3) is 0 Å². The Labute approximate surface area is 121 Å². The molecule has 1 aliphatic carbocycles. The first-order valence-corrected chi connectivity index (χ1v) is 7.42. The van der Waals surface area contributed by atoms with E-state index in [1.807, 2.05) is 30.3 Å². The first-order valence-electron chi connectivity index (χ1n) is 7.42. The summed E-state index contributed by atoms with van der Waals surface area (Å²) in [7, 11) is 0. The number of hydrogen-bond acceptors (Lipinski definition) is 3. The lowest BCUT2D eigenvalue weighted by atomic mass is 9.80. The van der Waals surface area contributed by atoms with Crippen molar-refractivity contribution < 1.29 is 4.74 Å². The van der Waals surface area contributed by atoms with Crippen molar-refractivity contribution in [2.75, 3.05) is 6.61 Å². The Hall–Kier alpha value is -1.37. The molecule has 2 N–H and O–H groups in total. The molecular formula is C17H24N2O. The molecule has 2 rings (SSSR count). The van der Waals surface area contributed by atoms with Gasteiger partial charge in [0.15, 0.2) is 5.54 Å². The fraction of sp³-hybridized carbons (Fsp3) is 0.588. The summed E-state index contributed by atoms with van der Waals surface area (Å²) in [5.41, 5.74) is 5.98. The predicted octanol–water partition coefficient (Wildman–Crippen LogP) is 3.21. The maximum absolute atomic E-state index is 9.41. The van der Waals surface area contributed by atoms with E-state index >= 15 is 0 Å². The molecule has 3 heteroatoms. The van der Waals surface area contributed by atoms with Crippen molar-refractivity contribution in [1.29, 1.82) is 5.26 Å². The normalized spacial score (nSPS) is 29.4. The minimum atomic E-state index is -1.05. The summed E-state index contributed by atoms with van der Waals surface area (Å²) in [6.45, 7) is 4.84. The maximum atomic E-state index is 9.41. The minimum absolute atomic E-state index is 0.237. The van der Waals surface area contributed by atoms with Gasteiger partial charge in [-0.15, -0.1) is 0 Å². The Bertz CT molecular complexity index is 468. The third kappa shape index (κ3) is 3.39. The number of nitrogens with two attached hydrogens (primary N) is 1. The summed E-state index contributed by atoms with van der Waals surface area (Å²) < 4.78 is 5.96. The number of ether oxygens (including phenoxy) is 1. The van der Waals surface area contributed by atoms with Crippen LogP contribution in [0.3, 0.4) is 0 Å². The van der Waals surface area contributed by atoms with Crippen LogP contribution >= 0.6 is 0 Å². The summed E-state index contributed by atoms with van der Waals surface area (Å²) in [5.74, 6) is 1.45. The second kappa shape index (κ2) is 6.39. The lowest BCUT2D eigenvalue weighted by molar-refractivity contribution is -0.0128. The summed E-state index contributed by atoms with van der Waals surface area (Å²) in [5, 5.41) is 9.41. The third-order valence-electron chi connectivity index (χ3n) is 4.59. The molecule has 1 aromatic carbocycles. The van der Waals surface area contributed by atoms with Gasteiger partial charge in [0.05, 0.1) is 18.8 Å². The van der Waals surface area contributed by atoms with Crippen LogP contribution in [0.25, 0.3) is 0 Å². The molecule has 0 radical (unpaired) electrons. The molecule has 108 valence electrons. The Morgan fingerprint density at radius 3 is 2.55 bits per heavy atom. The van der Waals surface area contributed by atoms with Gasteiger partial charge in [-0.05, 0) is 36.7 Å². The summed E-state index contributed by atoms with van der Waals surface area (Å²) >= 11 is 0. The number of nitrogens with zero attached hydrogens (tertiary/aromatic N) is 1. The topological polar surface area (TPSA) is 59.0 Å². The molecule has 1 aliphatic rings. The van der Waals surface area contributed by atoms with E-state index in [0.29, 0.717) is 5.92 Å². The zero-order valence-electron chi connectivity index (χ0n) is 12.4. The van der Waals surface area contributed by atoms with E-state index in [-0.39, 0.29) is 12.7 Å². The van der Waals surface area contributed by atoms with Crippen LogP contribution in [0.4, 0.5) is 0 Å². The van der Waals surface area contributed by atoms with E-state index in [9.17, 15) is 5.26 Å². The zero-order chi connectivity index (χ0) is 14.6. The number of hydrogen-bond donors (Lipinski definition) is 1. The fourth-order valence-electron chi connectivity index (χ4n) is 2.81. The summed E-state index contributed by atoms with van der Waals surface area (Å²) in [6.07, 6.45) is 3.57. The average molecular weight is 272 g/mol. The van der Waals surface area contributed by atoms with E-state index < -0.39 is 5.54 Å².